The number of thiazole rings is 1. The molecule has 0 bridgehead atoms. The highest BCUT2D eigenvalue weighted by molar-refractivity contribution is 7.10. The van der Waals surface area contributed by atoms with Gasteiger partial charge in [0.2, 0.25) is 0 Å². The molecule has 3 aromatic rings. The van der Waals surface area contributed by atoms with Crippen molar-refractivity contribution < 1.29 is 9.63 Å². The number of oxime groups is 1. The molecule has 0 saturated carbocycles. The van der Waals surface area contributed by atoms with Crippen LogP contribution in [0.2, 0.25) is 0 Å². The summed E-state index contributed by atoms with van der Waals surface area (Å²) in [5.74, 6) is 0.373. The second-order valence-corrected chi connectivity index (χ2v) is 10.4. The van der Waals surface area contributed by atoms with Gasteiger partial charge >= 0.3 is 6.03 Å². The normalized spacial score (nSPS) is 18.3. The van der Waals surface area contributed by atoms with Gasteiger partial charge in [0.05, 0.1) is 10.7 Å². The predicted octanol–water partition coefficient (Wildman–Crippen LogP) is 6.60. The van der Waals surface area contributed by atoms with E-state index >= 15 is 0 Å². The number of aryl methyl sites for hydroxylation is 3. The molecule has 0 aliphatic carbocycles. The minimum absolute atomic E-state index is 0.0205. The van der Waals surface area contributed by atoms with Gasteiger partial charge in [0.25, 0.3) is 0 Å². The Morgan fingerprint density at radius 3 is 2.77 bits per heavy atom. The Labute approximate surface area is 211 Å². The van der Waals surface area contributed by atoms with Crippen LogP contribution < -0.4 is 5.32 Å². The molecule has 1 unspecified atom stereocenters. The molecule has 1 atom stereocenters. The van der Waals surface area contributed by atoms with Crippen molar-refractivity contribution in [3.05, 3.63) is 80.8 Å². The summed E-state index contributed by atoms with van der Waals surface area (Å²) in [6.45, 7) is 7.69. The number of hydrogen-bond acceptors (Lipinski definition) is 5. The topological polar surface area (TPSA) is 66.8 Å². The average Bonchev–Trinajstić information content (AvgIpc) is 3.56. The van der Waals surface area contributed by atoms with E-state index in [1.807, 2.05) is 30.9 Å². The highest BCUT2D eigenvalue weighted by Gasteiger charge is 2.29. The fraction of sp³-hybridized carbons (Fsp3) is 0.393. The third-order valence-corrected chi connectivity index (χ3v) is 8.04. The lowest BCUT2D eigenvalue weighted by molar-refractivity contribution is 0.0851. The Kier molecular flexibility index (Phi) is 6.86. The molecule has 1 saturated heterocycles. The quantitative estimate of drug-likeness (QED) is 0.440. The van der Waals surface area contributed by atoms with Crippen molar-refractivity contribution in [2.24, 2.45) is 5.16 Å². The van der Waals surface area contributed by atoms with E-state index in [1.165, 1.54) is 11.1 Å². The largest absolute Gasteiger partial charge is 0.387 e. The molecule has 3 heterocycles. The van der Waals surface area contributed by atoms with Crippen molar-refractivity contribution in [2.75, 3.05) is 18.4 Å². The van der Waals surface area contributed by atoms with Crippen LogP contribution in [-0.4, -0.2) is 34.7 Å². The number of urea groups is 1. The number of nitrogens with one attached hydrogen (secondary N) is 1. The molecule has 5 rings (SSSR count). The summed E-state index contributed by atoms with van der Waals surface area (Å²) >= 11 is 1.70. The molecule has 35 heavy (non-hydrogen) atoms. The number of amides is 2. The Morgan fingerprint density at radius 1 is 1.17 bits per heavy atom. The van der Waals surface area contributed by atoms with Crippen LogP contribution in [0.3, 0.4) is 0 Å². The van der Waals surface area contributed by atoms with Crippen molar-refractivity contribution in [3.63, 3.8) is 0 Å². The first kappa shape index (κ1) is 23.5. The third-order valence-electron chi connectivity index (χ3n) is 7.04. The van der Waals surface area contributed by atoms with Crippen LogP contribution in [0.25, 0.3) is 0 Å². The molecule has 7 heteroatoms. The van der Waals surface area contributed by atoms with Crippen molar-refractivity contribution >= 4 is 28.8 Å². The van der Waals surface area contributed by atoms with E-state index in [2.05, 4.69) is 53.1 Å². The lowest BCUT2D eigenvalue weighted by atomic mass is 9.96. The maximum Gasteiger partial charge on any atom is 0.321 e. The Bertz CT molecular complexity index is 1240. The van der Waals surface area contributed by atoms with E-state index in [0.717, 1.165) is 72.0 Å². The molecule has 0 radical (unpaired) electrons. The maximum atomic E-state index is 12.8. The number of likely N-dealkylation sites (tertiary alicyclic amines) is 1. The smallest absolute Gasteiger partial charge is 0.321 e. The standard InChI is InChI=1S/C28H32N4O2S/c1-4-20-7-5-6-8-22(20)26-16-24(31-34-26)25-17-35-27(29-25)21-11-13-32(14-12-21)28(33)30-23-15-18(2)9-10-19(23)3/h5-10,15,17,21,26H,4,11-14,16H2,1-3H3,(H,30,33). The fourth-order valence-electron chi connectivity index (χ4n) is 4.87. The van der Waals surface area contributed by atoms with Crippen LogP contribution in [0.1, 0.15) is 71.2 Å². The molecule has 182 valence electrons. The number of carbonyl (C=O) groups excluding carboxylic acids is 1. The van der Waals surface area contributed by atoms with Crippen LogP contribution in [0.15, 0.2) is 53.0 Å². The lowest BCUT2D eigenvalue weighted by Gasteiger charge is -2.31. The number of carbonyl (C=O) groups is 1. The summed E-state index contributed by atoms with van der Waals surface area (Å²) in [7, 11) is 0. The zero-order valence-corrected chi connectivity index (χ0v) is 21.4. The molecule has 0 spiro atoms. The first-order valence-corrected chi connectivity index (χ1v) is 13.3. The molecule has 2 aliphatic rings. The number of nitrogens with zero attached hydrogens (tertiary/aromatic N) is 3. The zero-order valence-electron chi connectivity index (χ0n) is 20.6. The summed E-state index contributed by atoms with van der Waals surface area (Å²) in [5, 5.41) is 10.7. The maximum absolute atomic E-state index is 12.8. The van der Waals surface area contributed by atoms with Crippen LogP contribution >= 0.6 is 11.3 Å². The molecule has 2 aliphatic heterocycles. The number of piperidine rings is 1. The molecule has 1 aromatic heterocycles. The van der Waals surface area contributed by atoms with Crippen molar-refractivity contribution in [3.8, 4) is 0 Å². The monoisotopic (exact) mass is 488 g/mol. The molecule has 2 aromatic carbocycles. The van der Waals surface area contributed by atoms with Crippen LogP contribution in [0.5, 0.6) is 0 Å². The highest BCUT2D eigenvalue weighted by Crippen LogP contribution is 2.35. The van der Waals surface area contributed by atoms with E-state index < -0.39 is 0 Å². The summed E-state index contributed by atoms with van der Waals surface area (Å²) in [6.07, 6.45) is 3.53. The number of benzene rings is 2. The Balaban J connectivity index is 1.17. The summed E-state index contributed by atoms with van der Waals surface area (Å²) in [6, 6.07) is 14.5. The van der Waals surface area contributed by atoms with Gasteiger partial charge in [0.1, 0.15) is 5.71 Å². The third kappa shape index (κ3) is 5.10. The van der Waals surface area contributed by atoms with Gasteiger partial charge in [-0.25, -0.2) is 9.78 Å². The summed E-state index contributed by atoms with van der Waals surface area (Å²) in [5.41, 5.74) is 7.49. The Hall–Kier alpha value is -3.19. The number of anilines is 1. The minimum atomic E-state index is -0.0370. The van der Waals surface area contributed by atoms with Crippen molar-refractivity contribution in [2.45, 2.75) is 58.5 Å². The second kappa shape index (κ2) is 10.2. The van der Waals surface area contributed by atoms with Crippen LogP contribution in [0.4, 0.5) is 10.5 Å². The van der Waals surface area contributed by atoms with E-state index in [9.17, 15) is 4.79 Å². The fourth-order valence-corrected chi connectivity index (χ4v) is 5.87. The van der Waals surface area contributed by atoms with Crippen molar-refractivity contribution in [1.82, 2.24) is 9.88 Å². The predicted molar refractivity (Wildman–Crippen MR) is 141 cm³/mol. The van der Waals surface area contributed by atoms with E-state index in [4.69, 9.17) is 9.82 Å². The molecular formula is C28H32N4O2S. The van der Waals surface area contributed by atoms with Gasteiger partial charge in [-0.15, -0.1) is 11.3 Å². The van der Waals surface area contributed by atoms with E-state index in [0.29, 0.717) is 5.92 Å². The molecular weight excluding hydrogens is 456 g/mol. The van der Waals surface area contributed by atoms with Gasteiger partial charge in [-0.1, -0.05) is 48.5 Å². The SMILES string of the molecule is CCc1ccccc1C1CC(c2csc(C3CCN(C(=O)Nc4cc(C)ccc4C)CC3)n2)=NO1. The van der Waals surface area contributed by atoms with Crippen LogP contribution in [-0.2, 0) is 11.3 Å². The average molecular weight is 489 g/mol. The summed E-state index contributed by atoms with van der Waals surface area (Å²) in [4.78, 5) is 25.5. The number of aromatic nitrogens is 1. The molecule has 2 amide bonds. The van der Waals surface area contributed by atoms with E-state index in [-0.39, 0.29) is 12.1 Å². The second-order valence-electron chi connectivity index (χ2n) is 9.47. The van der Waals surface area contributed by atoms with Gasteiger partial charge in [0, 0.05) is 36.5 Å². The van der Waals surface area contributed by atoms with E-state index in [1.54, 1.807) is 11.3 Å². The van der Waals surface area contributed by atoms with Gasteiger partial charge in [-0.05, 0) is 61.4 Å². The first-order chi connectivity index (χ1) is 17.0. The summed E-state index contributed by atoms with van der Waals surface area (Å²) < 4.78 is 0. The molecule has 6 nitrogen and oxygen atoms in total. The molecule has 1 N–H and O–H groups in total. The van der Waals surface area contributed by atoms with Gasteiger partial charge in [-0.2, -0.15) is 0 Å². The number of rotatable bonds is 5. The van der Waals surface area contributed by atoms with Gasteiger partial charge in [0.15, 0.2) is 6.10 Å². The highest BCUT2D eigenvalue weighted by atomic mass is 32.1. The molecule has 1 fully saturated rings. The minimum Gasteiger partial charge on any atom is -0.387 e. The number of hydrogen-bond donors (Lipinski definition) is 1. The lowest BCUT2D eigenvalue weighted by Crippen LogP contribution is -2.40. The van der Waals surface area contributed by atoms with Crippen LogP contribution in [0, 0.1) is 13.8 Å². The van der Waals surface area contributed by atoms with Crippen molar-refractivity contribution in [1.29, 1.82) is 0 Å². The zero-order chi connectivity index (χ0) is 24.4. The van der Waals surface area contributed by atoms with Gasteiger partial charge in [-0.3, -0.25) is 0 Å². The van der Waals surface area contributed by atoms with Gasteiger partial charge < -0.3 is 15.1 Å². The first-order valence-electron chi connectivity index (χ1n) is 12.4. The Morgan fingerprint density at radius 2 is 1.97 bits per heavy atom.